The Morgan fingerprint density at radius 3 is 2.57 bits per heavy atom. The van der Waals surface area contributed by atoms with E-state index in [0.717, 1.165) is 12.5 Å². The maximum atomic E-state index is 13.2. The molecule has 118 valence electrons. The van der Waals surface area contributed by atoms with Crippen LogP contribution in [0.3, 0.4) is 0 Å². The van der Waals surface area contributed by atoms with Crippen LogP contribution in [0.4, 0.5) is 17.6 Å². The van der Waals surface area contributed by atoms with Crippen molar-refractivity contribution in [2.75, 3.05) is 13.7 Å². The number of rotatable bonds is 6. The van der Waals surface area contributed by atoms with Gasteiger partial charge >= 0.3 is 6.18 Å². The first-order chi connectivity index (χ1) is 9.79. The maximum Gasteiger partial charge on any atom is 0.419 e. The van der Waals surface area contributed by atoms with Crippen LogP contribution >= 0.6 is 0 Å². The Balaban J connectivity index is 2.92. The van der Waals surface area contributed by atoms with Crippen molar-refractivity contribution in [3.63, 3.8) is 0 Å². The van der Waals surface area contributed by atoms with Crippen molar-refractivity contribution in [2.45, 2.75) is 32.0 Å². The number of carbonyl (C=O) groups excluding carboxylic acids is 1. The van der Waals surface area contributed by atoms with Gasteiger partial charge in [-0.1, -0.05) is 13.3 Å². The number of ether oxygens (including phenoxy) is 1. The average Bonchev–Trinajstić information content (AvgIpc) is 2.38. The molecule has 1 aromatic rings. The average molecular weight is 307 g/mol. The molecule has 1 amide bonds. The molecule has 0 aliphatic heterocycles. The first kappa shape index (κ1) is 17.4. The van der Waals surface area contributed by atoms with E-state index in [2.05, 4.69) is 5.32 Å². The number of nitrogens with one attached hydrogen (secondary N) is 1. The molecule has 1 N–H and O–H groups in total. The van der Waals surface area contributed by atoms with Gasteiger partial charge in [0.25, 0.3) is 5.91 Å². The summed E-state index contributed by atoms with van der Waals surface area (Å²) < 4.78 is 55.9. The number of carbonyl (C=O) groups is 1. The minimum Gasteiger partial charge on any atom is -0.383 e. The van der Waals surface area contributed by atoms with Crippen molar-refractivity contribution in [1.82, 2.24) is 5.32 Å². The van der Waals surface area contributed by atoms with E-state index in [1.165, 1.54) is 7.11 Å². The predicted molar refractivity (Wildman–Crippen MR) is 69.4 cm³/mol. The Morgan fingerprint density at radius 1 is 1.38 bits per heavy atom. The van der Waals surface area contributed by atoms with Gasteiger partial charge in [0.15, 0.2) is 0 Å². The minimum atomic E-state index is -4.84. The molecule has 1 atom stereocenters. The van der Waals surface area contributed by atoms with Crippen molar-refractivity contribution in [3.05, 3.63) is 35.1 Å². The fourth-order valence-electron chi connectivity index (χ4n) is 1.90. The lowest BCUT2D eigenvalue weighted by Gasteiger charge is -2.17. The second kappa shape index (κ2) is 7.40. The summed E-state index contributed by atoms with van der Waals surface area (Å²) in [5.41, 5.74) is -1.69. The van der Waals surface area contributed by atoms with Crippen LogP contribution in [-0.2, 0) is 10.9 Å². The molecule has 0 saturated heterocycles. The zero-order valence-electron chi connectivity index (χ0n) is 11.8. The van der Waals surface area contributed by atoms with Crippen molar-refractivity contribution < 1.29 is 27.1 Å². The Kier molecular flexibility index (Phi) is 6.14. The first-order valence-electron chi connectivity index (χ1n) is 6.46. The molecule has 0 saturated carbocycles. The summed E-state index contributed by atoms with van der Waals surface area (Å²) in [6.07, 6.45) is -3.42. The third kappa shape index (κ3) is 5.00. The third-order valence-corrected chi connectivity index (χ3v) is 2.87. The number of amides is 1. The van der Waals surface area contributed by atoms with E-state index in [1.807, 2.05) is 6.92 Å². The molecule has 3 nitrogen and oxygen atoms in total. The van der Waals surface area contributed by atoms with Gasteiger partial charge in [-0.25, -0.2) is 4.39 Å². The van der Waals surface area contributed by atoms with Gasteiger partial charge in [0.1, 0.15) is 5.82 Å². The quantitative estimate of drug-likeness (QED) is 0.818. The van der Waals surface area contributed by atoms with Gasteiger partial charge < -0.3 is 10.1 Å². The van der Waals surface area contributed by atoms with Gasteiger partial charge in [0, 0.05) is 12.7 Å². The van der Waals surface area contributed by atoms with Crippen LogP contribution in [0.15, 0.2) is 18.2 Å². The minimum absolute atomic E-state index is 0.235. The number of alkyl halides is 3. The number of hydrogen-bond acceptors (Lipinski definition) is 2. The molecule has 0 aromatic heterocycles. The normalized spacial score (nSPS) is 13.0. The number of methoxy groups -OCH3 is 1. The fraction of sp³-hybridized carbons (Fsp3) is 0.500. The van der Waals surface area contributed by atoms with Crippen LogP contribution in [0.1, 0.15) is 35.7 Å². The lowest BCUT2D eigenvalue weighted by atomic mass is 10.1. The Hall–Kier alpha value is -1.63. The zero-order valence-corrected chi connectivity index (χ0v) is 11.8. The van der Waals surface area contributed by atoms with Crippen LogP contribution < -0.4 is 5.32 Å². The Morgan fingerprint density at radius 2 is 2.05 bits per heavy atom. The van der Waals surface area contributed by atoms with E-state index in [0.29, 0.717) is 18.6 Å². The molecule has 0 aliphatic rings. The SMILES string of the molecule is CCCC(COC)NC(=O)c1ccc(F)c(C(F)(F)F)c1. The molecule has 0 heterocycles. The van der Waals surface area contributed by atoms with Crippen LogP contribution in [0.25, 0.3) is 0 Å². The molecule has 1 aromatic carbocycles. The van der Waals surface area contributed by atoms with E-state index < -0.39 is 23.5 Å². The van der Waals surface area contributed by atoms with Gasteiger partial charge in [-0.05, 0) is 24.6 Å². The predicted octanol–water partition coefficient (Wildman–Crippen LogP) is 3.39. The number of benzene rings is 1. The summed E-state index contributed by atoms with van der Waals surface area (Å²) in [5, 5.41) is 2.58. The van der Waals surface area contributed by atoms with Crippen LogP contribution in [0.2, 0.25) is 0 Å². The summed E-state index contributed by atoms with van der Waals surface area (Å²) in [6, 6.07) is 1.88. The smallest absolute Gasteiger partial charge is 0.383 e. The van der Waals surface area contributed by atoms with E-state index >= 15 is 0 Å². The summed E-state index contributed by atoms with van der Waals surface area (Å²) in [7, 11) is 1.47. The topological polar surface area (TPSA) is 38.3 Å². The van der Waals surface area contributed by atoms with Crippen LogP contribution in [0.5, 0.6) is 0 Å². The molecular weight excluding hydrogens is 290 g/mol. The Labute approximate surface area is 120 Å². The van der Waals surface area contributed by atoms with Crippen molar-refractivity contribution in [2.24, 2.45) is 0 Å². The lowest BCUT2D eigenvalue weighted by molar-refractivity contribution is -0.140. The summed E-state index contributed by atoms with van der Waals surface area (Å²) >= 11 is 0. The molecule has 0 spiro atoms. The van der Waals surface area contributed by atoms with Gasteiger partial charge in [0.2, 0.25) is 0 Å². The molecule has 1 unspecified atom stereocenters. The van der Waals surface area contributed by atoms with Crippen molar-refractivity contribution in [1.29, 1.82) is 0 Å². The fourth-order valence-corrected chi connectivity index (χ4v) is 1.90. The molecule has 0 radical (unpaired) electrons. The van der Waals surface area contributed by atoms with E-state index in [4.69, 9.17) is 4.74 Å². The van der Waals surface area contributed by atoms with Gasteiger partial charge in [-0.15, -0.1) is 0 Å². The highest BCUT2D eigenvalue weighted by molar-refractivity contribution is 5.94. The summed E-state index contributed by atoms with van der Waals surface area (Å²) in [5.74, 6) is -2.09. The van der Waals surface area contributed by atoms with Gasteiger partial charge in [0.05, 0.1) is 18.2 Å². The molecule has 0 aliphatic carbocycles. The Bertz CT molecular complexity index is 482. The van der Waals surface area contributed by atoms with Crippen molar-refractivity contribution >= 4 is 5.91 Å². The van der Waals surface area contributed by atoms with E-state index in [1.54, 1.807) is 0 Å². The third-order valence-electron chi connectivity index (χ3n) is 2.87. The zero-order chi connectivity index (χ0) is 16.0. The highest BCUT2D eigenvalue weighted by Gasteiger charge is 2.34. The molecular formula is C14H17F4NO2. The van der Waals surface area contributed by atoms with Gasteiger partial charge in [-0.2, -0.15) is 13.2 Å². The van der Waals surface area contributed by atoms with Gasteiger partial charge in [-0.3, -0.25) is 4.79 Å². The van der Waals surface area contributed by atoms with Crippen molar-refractivity contribution in [3.8, 4) is 0 Å². The van der Waals surface area contributed by atoms with E-state index in [-0.39, 0.29) is 18.2 Å². The first-order valence-corrected chi connectivity index (χ1v) is 6.46. The van der Waals surface area contributed by atoms with Crippen LogP contribution in [-0.4, -0.2) is 25.7 Å². The molecule has 0 bridgehead atoms. The van der Waals surface area contributed by atoms with E-state index in [9.17, 15) is 22.4 Å². The standard InChI is InChI=1S/C14H17F4NO2/c1-3-4-10(8-21-2)19-13(20)9-5-6-12(15)11(7-9)14(16,17)18/h5-7,10H,3-4,8H2,1-2H3,(H,19,20). The van der Waals surface area contributed by atoms with Crippen LogP contribution in [0, 0.1) is 5.82 Å². The summed E-state index contributed by atoms with van der Waals surface area (Å²) in [4.78, 5) is 11.9. The second-order valence-corrected chi connectivity index (χ2v) is 4.61. The highest BCUT2D eigenvalue weighted by Crippen LogP contribution is 2.31. The number of hydrogen-bond donors (Lipinski definition) is 1. The maximum absolute atomic E-state index is 13.2. The molecule has 1 rings (SSSR count). The largest absolute Gasteiger partial charge is 0.419 e. The monoisotopic (exact) mass is 307 g/mol. The second-order valence-electron chi connectivity index (χ2n) is 4.61. The molecule has 21 heavy (non-hydrogen) atoms. The molecule has 0 fully saturated rings. The summed E-state index contributed by atoms with van der Waals surface area (Å²) in [6.45, 7) is 2.17. The highest BCUT2D eigenvalue weighted by atomic mass is 19.4. The number of halogens is 4. The lowest BCUT2D eigenvalue weighted by Crippen LogP contribution is -2.38. The molecule has 7 heteroatoms.